The van der Waals surface area contributed by atoms with E-state index in [9.17, 15) is 19.5 Å². The van der Waals surface area contributed by atoms with Crippen molar-refractivity contribution in [2.24, 2.45) is 0 Å². The Morgan fingerprint density at radius 1 is 1.32 bits per heavy atom. The first-order valence-corrected chi connectivity index (χ1v) is 6.35. The Balaban J connectivity index is 1.93. The van der Waals surface area contributed by atoms with Gasteiger partial charge in [-0.25, -0.2) is 0 Å². The Kier molecular flexibility index (Phi) is 4.06. The second-order valence-electron chi connectivity index (χ2n) is 3.89. The van der Waals surface area contributed by atoms with Crippen LogP contribution in [-0.4, -0.2) is 29.0 Å². The number of carbonyl (C=O) groups excluding carboxylic acids is 3. The lowest BCUT2D eigenvalue weighted by molar-refractivity contribution is -0.307. The summed E-state index contributed by atoms with van der Waals surface area (Å²) in [7, 11) is 0. The van der Waals surface area contributed by atoms with E-state index in [-0.39, 0.29) is 11.1 Å². The van der Waals surface area contributed by atoms with Crippen LogP contribution < -0.4 is 15.2 Å². The second-order valence-corrected chi connectivity index (χ2v) is 5.07. The number of amides is 2. The van der Waals surface area contributed by atoms with Gasteiger partial charge >= 0.3 is 0 Å². The summed E-state index contributed by atoms with van der Waals surface area (Å²) in [5, 5.41) is 11.7. The molecule has 1 fully saturated rings. The first-order valence-electron chi connectivity index (χ1n) is 5.47. The van der Waals surface area contributed by atoms with E-state index in [1.165, 1.54) is 0 Å². The number of aliphatic carboxylic acids is 1. The van der Waals surface area contributed by atoms with Crippen LogP contribution in [0.15, 0.2) is 24.3 Å². The zero-order valence-corrected chi connectivity index (χ0v) is 10.6. The van der Waals surface area contributed by atoms with Gasteiger partial charge in [0.25, 0.3) is 5.24 Å². The van der Waals surface area contributed by atoms with Gasteiger partial charge in [0.2, 0.25) is 5.91 Å². The van der Waals surface area contributed by atoms with Crippen molar-refractivity contribution < 1.29 is 24.2 Å². The van der Waals surface area contributed by atoms with Crippen molar-refractivity contribution >= 4 is 28.9 Å². The van der Waals surface area contributed by atoms with Crippen LogP contribution in [0.25, 0.3) is 0 Å². The van der Waals surface area contributed by atoms with Crippen molar-refractivity contribution in [3.8, 4) is 5.75 Å². The fourth-order valence-electron chi connectivity index (χ4n) is 1.61. The van der Waals surface area contributed by atoms with E-state index in [0.29, 0.717) is 12.2 Å². The van der Waals surface area contributed by atoms with E-state index in [1.54, 1.807) is 24.3 Å². The highest BCUT2D eigenvalue weighted by molar-refractivity contribution is 8.15. The second kappa shape index (κ2) is 5.75. The molecule has 1 saturated heterocycles. The molecule has 1 N–H and O–H groups in total. The van der Waals surface area contributed by atoms with Gasteiger partial charge in [-0.3, -0.25) is 14.9 Å². The fraction of sp³-hybridized carbons (Fsp3) is 0.250. The smallest absolute Gasteiger partial charge is 0.286 e. The molecule has 2 amide bonds. The van der Waals surface area contributed by atoms with Gasteiger partial charge in [-0.05, 0) is 24.1 Å². The molecule has 0 saturated carbocycles. The number of hydrogen-bond donors (Lipinski definition) is 1. The molecule has 1 unspecified atom stereocenters. The summed E-state index contributed by atoms with van der Waals surface area (Å²) in [5.41, 5.74) is 0.864. The van der Waals surface area contributed by atoms with Crippen LogP contribution in [0.4, 0.5) is 4.79 Å². The predicted molar refractivity (Wildman–Crippen MR) is 65.6 cm³/mol. The van der Waals surface area contributed by atoms with Gasteiger partial charge in [0.05, 0.1) is 11.2 Å². The van der Waals surface area contributed by atoms with Crippen LogP contribution in [-0.2, 0) is 16.0 Å². The average molecular weight is 280 g/mol. The molecule has 19 heavy (non-hydrogen) atoms. The number of nitrogens with one attached hydrogen (secondary N) is 1. The normalized spacial score (nSPS) is 18.2. The molecular weight excluding hydrogens is 270 g/mol. The molecule has 1 aliphatic heterocycles. The molecule has 100 valence electrons. The van der Waals surface area contributed by atoms with Crippen LogP contribution in [0.2, 0.25) is 0 Å². The SMILES string of the molecule is O=C([O-])COc1ccc(CC2SC(=O)NC2=O)cc1. The third kappa shape index (κ3) is 3.72. The molecule has 2 rings (SSSR count). The molecule has 1 aromatic rings. The monoisotopic (exact) mass is 280 g/mol. The Hall–Kier alpha value is -2.02. The van der Waals surface area contributed by atoms with Crippen molar-refractivity contribution in [3.05, 3.63) is 29.8 Å². The standard InChI is InChI=1S/C12H11NO5S/c14-10(15)6-18-8-3-1-7(2-4-8)5-9-11(16)13-12(17)19-9/h1-4,9H,5-6H2,(H,14,15)(H,13,16,17)/p-1. The van der Waals surface area contributed by atoms with Gasteiger partial charge in [-0.15, -0.1) is 0 Å². The van der Waals surface area contributed by atoms with E-state index in [4.69, 9.17) is 4.74 Å². The Bertz CT molecular complexity index is 513. The molecular formula is C12H10NO5S-. The molecule has 1 aliphatic rings. The first kappa shape index (κ1) is 13.4. The zero-order chi connectivity index (χ0) is 13.8. The molecule has 0 bridgehead atoms. The van der Waals surface area contributed by atoms with Gasteiger partial charge in [0.15, 0.2) is 0 Å². The number of carbonyl (C=O) groups is 3. The number of rotatable bonds is 5. The topological polar surface area (TPSA) is 95.5 Å². The molecule has 0 aliphatic carbocycles. The number of carboxylic acids is 1. The lowest BCUT2D eigenvalue weighted by Gasteiger charge is -2.08. The summed E-state index contributed by atoms with van der Waals surface area (Å²) in [4.78, 5) is 32.6. The van der Waals surface area contributed by atoms with Gasteiger partial charge in [0.1, 0.15) is 12.4 Å². The number of hydrogen-bond acceptors (Lipinski definition) is 6. The lowest BCUT2D eigenvalue weighted by atomic mass is 10.1. The Morgan fingerprint density at radius 3 is 2.53 bits per heavy atom. The minimum absolute atomic E-state index is 0.285. The maximum Gasteiger partial charge on any atom is 0.286 e. The predicted octanol–water partition coefficient (Wildman–Crippen LogP) is -0.291. The molecule has 0 radical (unpaired) electrons. The zero-order valence-electron chi connectivity index (χ0n) is 9.75. The van der Waals surface area contributed by atoms with E-state index in [0.717, 1.165) is 17.3 Å². The molecule has 0 spiro atoms. The Morgan fingerprint density at radius 2 is 2.00 bits per heavy atom. The van der Waals surface area contributed by atoms with E-state index < -0.39 is 17.8 Å². The van der Waals surface area contributed by atoms with Crippen LogP contribution >= 0.6 is 11.8 Å². The van der Waals surface area contributed by atoms with Crippen LogP contribution in [0, 0.1) is 0 Å². The van der Waals surface area contributed by atoms with E-state index >= 15 is 0 Å². The van der Waals surface area contributed by atoms with E-state index in [2.05, 4.69) is 5.32 Å². The molecule has 1 aromatic carbocycles. The number of benzene rings is 1. The van der Waals surface area contributed by atoms with Gasteiger partial charge in [-0.1, -0.05) is 23.9 Å². The number of ether oxygens (including phenoxy) is 1. The number of carboxylic acid groups (broad SMARTS) is 1. The van der Waals surface area contributed by atoms with Gasteiger partial charge in [-0.2, -0.15) is 0 Å². The number of thioether (sulfide) groups is 1. The highest BCUT2D eigenvalue weighted by atomic mass is 32.2. The van der Waals surface area contributed by atoms with E-state index in [1.807, 2.05) is 0 Å². The molecule has 6 nitrogen and oxygen atoms in total. The van der Waals surface area contributed by atoms with Crippen molar-refractivity contribution in [3.63, 3.8) is 0 Å². The van der Waals surface area contributed by atoms with Gasteiger partial charge in [0, 0.05) is 0 Å². The van der Waals surface area contributed by atoms with Crippen molar-refractivity contribution in [1.82, 2.24) is 5.32 Å². The summed E-state index contributed by atoms with van der Waals surface area (Å²) in [6.45, 7) is -0.505. The summed E-state index contributed by atoms with van der Waals surface area (Å²) < 4.78 is 4.93. The summed E-state index contributed by atoms with van der Waals surface area (Å²) in [6, 6.07) is 6.66. The highest BCUT2D eigenvalue weighted by Crippen LogP contribution is 2.23. The summed E-state index contributed by atoms with van der Waals surface area (Å²) in [5.74, 6) is -1.17. The third-order valence-electron chi connectivity index (χ3n) is 2.47. The molecule has 0 aromatic heterocycles. The van der Waals surface area contributed by atoms with Crippen LogP contribution in [0.3, 0.4) is 0 Å². The minimum atomic E-state index is -1.29. The van der Waals surface area contributed by atoms with Crippen LogP contribution in [0.5, 0.6) is 5.75 Å². The molecule has 1 heterocycles. The van der Waals surface area contributed by atoms with Crippen molar-refractivity contribution in [1.29, 1.82) is 0 Å². The molecule has 7 heteroatoms. The summed E-state index contributed by atoms with van der Waals surface area (Å²) >= 11 is 0.970. The lowest BCUT2D eigenvalue weighted by Crippen LogP contribution is -2.28. The van der Waals surface area contributed by atoms with Crippen molar-refractivity contribution in [2.75, 3.05) is 6.61 Å². The minimum Gasteiger partial charge on any atom is -0.546 e. The van der Waals surface area contributed by atoms with Crippen LogP contribution in [0.1, 0.15) is 5.56 Å². The molecule has 1 atom stereocenters. The number of imide groups is 1. The highest BCUT2D eigenvalue weighted by Gasteiger charge is 2.31. The largest absolute Gasteiger partial charge is 0.546 e. The maximum absolute atomic E-state index is 11.4. The summed E-state index contributed by atoms with van der Waals surface area (Å²) in [6.07, 6.45) is 0.434. The Labute approximate surface area is 113 Å². The quantitative estimate of drug-likeness (QED) is 0.796. The average Bonchev–Trinajstić information content (AvgIpc) is 2.67. The van der Waals surface area contributed by atoms with Gasteiger partial charge < -0.3 is 14.6 Å². The fourth-order valence-corrected chi connectivity index (χ4v) is 2.47. The maximum atomic E-state index is 11.4. The third-order valence-corrected chi connectivity index (χ3v) is 3.45. The van der Waals surface area contributed by atoms with Crippen molar-refractivity contribution in [2.45, 2.75) is 11.7 Å². The first-order chi connectivity index (χ1) is 9.04.